The van der Waals surface area contributed by atoms with Crippen molar-refractivity contribution in [2.24, 2.45) is 0 Å². The number of hydrogen-bond acceptors (Lipinski definition) is 0. The number of rotatable bonds is 10. The highest BCUT2D eigenvalue weighted by molar-refractivity contribution is 6.78. The van der Waals surface area contributed by atoms with Gasteiger partial charge < -0.3 is 0 Å². The van der Waals surface area contributed by atoms with Gasteiger partial charge in [-0.3, -0.25) is 0 Å². The van der Waals surface area contributed by atoms with Crippen LogP contribution in [0.2, 0.25) is 24.7 Å². The summed E-state index contributed by atoms with van der Waals surface area (Å²) in [5.74, 6) is 0. The Balaban J connectivity index is 3.89. The lowest BCUT2D eigenvalue weighted by atomic mass is 10.3. The minimum Gasteiger partial charge on any atom is -0.0691 e. The van der Waals surface area contributed by atoms with Crippen LogP contribution in [0.5, 0.6) is 0 Å². The normalized spacial score (nSPS) is 12.0. The molecule has 0 spiro atoms. The minimum absolute atomic E-state index is 0.829. The highest BCUT2D eigenvalue weighted by atomic mass is 28.3. The molecule has 0 saturated heterocycles. The Bertz CT molecular complexity index is 123. The van der Waals surface area contributed by atoms with Gasteiger partial charge in [-0.2, -0.15) is 0 Å². The van der Waals surface area contributed by atoms with Crippen molar-refractivity contribution in [1.82, 2.24) is 0 Å². The van der Waals surface area contributed by atoms with Gasteiger partial charge in [0.2, 0.25) is 0 Å². The average Bonchev–Trinajstić information content (AvgIpc) is 2.24. The van der Waals surface area contributed by atoms with Crippen molar-refractivity contribution in [3.8, 4) is 0 Å². The van der Waals surface area contributed by atoms with E-state index in [1.54, 1.807) is 18.1 Å². The molecule has 0 amide bonds. The molecule has 0 fully saturated rings. The second kappa shape index (κ2) is 9.44. The van der Waals surface area contributed by atoms with E-state index < -0.39 is 8.07 Å². The van der Waals surface area contributed by atoms with E-state index in [4.69, 9.17) is 0 Å². The van der Waals surface area contributed by atoms with E-state index in [0.29, 0.717) is 0 Å². The molecule has 0 aromatic rings. The minimum atomic E-state index is -0.829. The molecule has 0 N–H and O–H groups in total. The molecule has 0 aliphatic rings. The van der Waals surface area contributed by atoms with Crippen molar-refractivity contribution in [2.75, 3.05) is 0 Å². The van der Waals surface area contributed by atoms with Gasteiger partial charge in [0, 0.05) is 0 Å². The molecule has 0 unspecified atom stereocenters. The van der Waals surface area contributed by atoms with Crippen LogP contribution in [0.25, 0.3) is 0 Å². The zero-order valence-corrected chi connectivity index (χ0v) is 12.6. The van der Waals surface area contributed by atoms with E-state index in [9.17, 15) is 0 Å². The molecule has 0 aromatic carbocycles. The Morgan fingerprint density at radius 3 is 1.40 bits per heavy atom. The van der Waals surface area contributed by atoms with Gasteiger partial charge in [-0.05, 0) is 0 Å². The maximum absolute atomic E-state index is 2.66. The lowest BCUT2D eigenvalue weighted by molar-refractivity contribution is 0.745. The van der Waals surface area contributed by atoms with Crippen molar-refractivity contribution in [3.63, 3.8) is 0 Å². The molecule has 0 heterocycles. The maximum atomic E-state index is 2.66. The van der Waals surface area contributed by atoms with Crippen molar-refractivity contribution in [3.05, 3.63) is 0 Å². The molecule has 0 bridgehead atoms. The van der Waals surface area contributed by atoms with Gasteiger partial charge in [-0.1, -0.05) is 90.4 Å². The molecule has 0 aliphatic heterocycles. The number of unbranched alkanes of at least 4 members (excludes halogenated alkanes) is 4. The Hall–Kier alpha value is 0.217. The van der Waals surface area contributed by atoms with E-state index in [2.05, 4.69) is 27.3 Å². The van der Waals surface area contributed by atoms with E-state index in [1.807, 2.05) is 0 Å². The Kier molecular flexibility index (Phi) is 9.58. The molecule has 0 aliphatic carbocycles. The summed E-state index contributed by atoms with van der Waals surface area (Å²) in [5.41, 5.74) is 0. The van der Waals surface area contributed by atoms with Gasteiger partial charge in [0.05, 0.1) is 8.07 Å². The van der Waals surface area contributed by atoms with Crippen LogP contribution >= 0.6 is 0 Å². The zero-order valence-electron chi connectivity index (χ0n) is 11.6. The first-order valence-electron chi connectivity index (χ1n) is 7.18. The van der Waals surface area contributed by atoms with Gasteiger partial charge in [0.1, 0.15) is 0 Å². The first kappa shape index (κ1) is 15.2. The molecular weight excluding hydrogens is 196 g/mol. The van der Waals surface area contributed by atoms with Crippen LogP contribution < -0.4 is 0 Å². The molecule has 0 nitrogen and oxygen atoms in total. The Labute approximate surface area is 98.9 Å². The molecule has 15 heavy (non-hydrogen) atoms. The average molecular weight is 228 g/mol. The molecular formula is C14H32Si. The number of hydrogen-bond donors (Lipinski definition) is 0. The summed E-state index contributed by atoms with van der Waals surface area (Å²) in [4.78, 5) is 0. The topological polar surface area (TPSA) is 0 Å². The van der Waals surface area contributed by atoms with Gasteiger partial charge in [-0.25, -0.2) is 0 Å². The zero-order chi connectivity index (χ0) is 11.6. The van der Waals surface area contributed by atoms with Crippen LogP contribution in [-0.4, -0.2) is 8.07 Å². The monoisotopic (exact) mass is 228 g/mol. The first-order chi connectivity index (χ1) is 7.18. The standard InChI is InChI=1S/C14H32Si/c1-5-8-11-14-15(4,12-9-6-2)13-10-7-3/h5-14H2,1-4H3. The SMILES string of the molecule is CCCCC[Si](C)(CCCC)CCCC. The second-order valence-corrected chi connectivity index (χ2v) is 10.6. The molecule has 1 heteroatoms. The van der Waals surface area contributed by atoms with Crippen LogP contribution in [0.15, 0.2) is 0 Å². The summed E-state index contributed by atoms with van der Waals surface area (Å²) >= 11 is 0. The predicted octanol–water partition coefficient (Wildman–Crippen LogP) is 5.86. The van der Waals surface area contributed by atoms with E-state index in [1.165, 1.54) is 44.9 Å². The van der Waals surface area contributed by atoms with Gasteiger partial charge >= 0.3 is 0 Å². The van der Waals surface area contributed by atoms with Crippen LogP contribution in [0.4, 0.5) is 0 Å². The quantitative estimate of drug-likeness (QED) is 0.325. The van der Waals surface area contributed by atoms with Crippen molar-refractivity contribution >= 4 is 8.07 Å². The van der Waals surface area contributed by atoms with E-state index in [-0.39, 0.29) is 0 Å². The third kappa shape index (κ3) is 8.07. The lowest BCUT2D eigenvalue weighted by Crippen LogP contribution is -2.29. The second-order valence-electron chi connectivity index (χ2n) is 5.47. The fraction of sp³-hybridized carbons (Fsp3) is 1.00. The van der Waals surface area contributed by atoms with Crippen LogP contribution in [0.3, 0.4) is 0 Å². The smallest absolute Gasteiger partial charge is 0.0504 e. The summed E-state index contributed by atoms with van der Waals surface area (Å²) in [6.45, 7) is 9.65. The molecule has 0 radical (unpaired) electrons. The summed E-state index contributed by atoms with van der Waals surface area (Å²) in [6.07, 6.45) is 10.1. The van der Waals surface area contributed by atoms with Crippen LogP contribution in [-0.2, 0) is 0 Å². The summed E-state index contributed by atoms with van der Waals surface area (Å²) in [6, 6.07) is 4.78. The molecule has 0 atom stereocenters. The first-order valence-corrected chi connectivity index (χ1v) is 10.3. The maximum Gasteiger partial charge on any atom is 0.0504 e. The van der Waals surface area contributed by atoms with Gasteiger partial charge in [-0.15, -0.1) is 0 Å². The van der Waals surface area contributed by atoms with Gasteiger partial charge in [0.25, 0.3) is 0 Å². The van der Waals surface area contributed by atoms with Crippen LogP contribution in [0, 0.1) is 0 Å². The molecule has 0 rings (SSSR count). The van der Waals surface area contributed by atoms with Gasteiger partial charge in [0.15, 0.2) is 0 Å². The summed E-state index contributed by atoms with van der Waals surface area (Å²) < 4.78 is 0. The van der Waals surface area contributed by atoms with Crippen LogP contribution in [0.1, 0.15) is 65.7 Å². The predicted molar refractivity (Wildman–Crippen MR) is 75.4 cm³/mol. The fourth-order valence-electron chi connectivity index (χ4n) is 2.38. The summed E-state index contributed by atoms with van der Waals surface area (Å²) in [7, 11) is -0.829. The fourth-order valence-corrected chi connectivity index (χ4v) is 6.65. The third-order valence-electron chi connectivity index (χ3n) is 3.65. The van der Waals surface area contributed by atoms with Crippen molar-refractivity contribution in [1.29, 1.82) is 0 Å². The largest absolute Gasteiger partial charge is 0.0691 e. The van der Waals surface area contributed by atoms with Crippen molar-refractivity contribution < 1.29 is 0 Å². The Morgan fingerprint density at radius 2 is 1.00 bits per heavy atom. The van der Waals surface area contributed by atoms with E-state index >= 15 is 0 Å². The molecule has 0 aromatic heterocycles. The van der Waals surface area contributed by atoms with E-state index in [0.717, 1.165) is 0 Å². The molecule has 92 valence electrons. The highest BCUT2D eigenvalue weighted by Crippen LogP contribution is 2.28. The summed E-state index contributed by atoms with van der Waals surface area (Å²) in [5, 5.41) is 0. The molecule has 0 saturated carbocycles. The Morgan fingerprint density at radius 1 is 0.600 bits per heavy atom. The third-order valence-corrected chi connectivity index (χ3v) is 8.33. The highest BCUT2D eigenvalue weighted by Gasteiger charge is 2.24. The lowest BCUT2D eigenvalue weighted by Gasteiger charge is -2.27. The van der Waals surface area contributed by atoms with Crippen molar-refractivity contribution in [2.45, 2.75) is 90.4 Å².